The number of fused-ring (bicyclic) bond motifs is 1. The lowest BCUT2D eigenvalue weighted by atomic mass is 10.3. The average Bonchev–Trinajstić information content (AvgIpc) is 3.48. The summed E-state index contributed by atoms with van der Waals surface area (Å²) >= 11 is 0. The molecule has 0 saturated heterocycles. The van der Waals surface area contributed by atoms with Crippen molar-refractivity contribution in [2.24, 2.45) is 0 Å². The van der Waals surface area contributed by atoms with Crippen molar-refractivity contribution in [1.82, 2.24) is 24.3 Å². The number of aliphatic carboxylic acids is 2. The molecule has 10 nitrogen and oxygen atoms in total. The van der Waals surface area contributed by atoms with E-state index in [1.165, 1.54) is 0 Å². The molecule has 0 spiro atoms. The summed E-state index contributed by atoms with van der Waals surface area (Å²) in [5.41, 5.74) is 2.23. The molecule has 1 aliphatic rings. The number of carboxylic acids is 2. The van der Waals surface area contributed by atoms with Gasteiger partial charge in [-0.3, -0.25) is 14.8 Å². The first-order valence-corrected chi connectivity index (χ1v) is 11.1. The van der Waals surface area contributed by atoms with Crippen molar-refractivity contribution < 1.29 is 50.6 Å². The second-order valence-corrected chi connectivity index (χ2v) is 8.23. The highest BCUT2D eigenvalue weighted by Crippen LogP contribution is 2.17. The number of aromatic nitrogens is 3. The molecule has 214 valence electrons. The normalized spacial score (nSPS) is 13.5. The van der Waals surface area contributed by atoms with Crippen LogP contribution in [0.2, 0.25) is 0 Å². The smallest absolute Gasteiger partial charge is 0.475 e. The maximum atomic E-state index is 10.6. The topological polar surface area (TPSA) is 125 Å². The molecule has 0 atom stereocenters. The molecule has 0 unspecified atom stereocenters. The predicted molar refractivity (Wildman–Crippen MR) is 122 cm³/mol. The van der Waals surface area contributed by atoms with Crippen LogP contribution in [0.3, 0.4) is 0 Å². The zero-order valence-electron chi connectivity index (χ0n) is 20.5. The minimum absolute atomic E-state index is 0.793. The molecule has 39 heavy (non-hydrogen) atoms. The van der Waals surface area contributed by atoms with Crippen LogP contribution in [-0.4, -0.2) is 72.4 Å². The van der Waals surface area contributed by atoms with Crippen LogP contribution in [0.25, 0.3) is 0 Å². The highest BCUT2D eigenvalue weighted by atomic mass is 19.4. The summed E-state index contributed by atoms with van der Waals surface area (Å²) in [5, 5.41) is 14.2. The number of nitrogens with zero attached hydrogens (tertiary/aromatic N) is 5. The number of imidazole rings is 1. The maximum Gasteiger partial charge on any atom is 0.490 e. The van der Waals surface area contributed by atoms with Gasteiger partial charge in [0.2, 0.25) is 0 Å². The molecule has 0 bridgehead atoms. The molecule has 0 fully saturated rings. The number of carboxylic acid groups (broad SMARTS) is 2. The first-order chi connectivity index (χ1) is 18.1. The molecule has 4 heterocycles. The summed E-state index contributed by atoms with van der Waals surface area (Å²) in [6.07, 6.45) is -4.41. The van der Waals surface area contributed by atoms with E-state index in [2.05, 4.69) is 38.7 Å². The third kappa shape index (κ3) is 11.2. The van der Waals surface area contributed by atoms with Crippen molar-refractivity contribution in [2.45, 2.75) is 45.1 Å². The van der Waals surface area contributed by atoms with E-state index in [-0.39, 0.29) is 0 Å². The van der Waals surface area contributed by atoms with Crippen molar-refractivity contribution in [3.63, 3.8) is 0 Å². The lowest BCUT2D eigenvalue weighted by molar-refractivity contribution is -0.193. The summed E-state index contributed by atoms with van der Waals surface area (Å²) in [5.74, 6) is -3.39. The molecule has 16 heteroatoms. The van der Waals surface area contributed by atoms with Gasteiger partial charge in [0, 0.05) is 38.6 Å². The van der Waals surface area contributed by atoms with Crippen molar-refractivity contribution in [3.05, 3.63) is 72.0 Å². The molecule has 3 aromatic heterocycles. The van der Waals surface area contributed by atoms with Gasteiger partial charge in [0.1, 0.15) is 11.6 Å². The average molecular weight is 565 g/mol. The van der Waals surface area contributed by atoms with Gasteiger partial charge >= 0.3 is 24.3 Å². The molecule has 1 aliphatic heterocycles. The van der Waals surface area contributed by atoms with E-state index in [0.29, 0.717) is 0 Å². The molecular formula is C23H25F6N5O5. The number of furan rings is 1. The van der Waals surface area contributed by atoms with E-state index in [9.17, 15) is 26.3 Å². The van der Waals surface area contributed by atoms with Gasteiger partial charge < -0.3 is 19.2 Å². The van der Waals surface area contributed by atoms with Crippen LogP contribution < -0.4 is 0 Å². The number of hydrogen-bond donors (Lipinski definition) is 2. The largest absolute Gasteiger partial charge is 0.490 e. The number of alkyl halides is 6. The van der Waals surface area contributed by atoms with Crippen LogP contribution in [0.4, 0.5) is 26.3 Å². The van der Waals surface area contributed by atoms with E-state index in [4.69, 9.17) is 29.2 Å². The van der Waals surface area contributed by atoms with Crippen molar-refractivity contribution in [1.29, 1.82) is 0 Å². The second-order valence-electron chi connectivity index (χ2n) is 8.23. The first kappa shape index (κ1) is 31.3. The third-order valence-corrected chi connectivity index (χ3v) is 4.97. The molecule has 4 rings (SSSR count). The Bertz CT molecular complexity index is 1160. The summed E-state index contributed by atoms with van der Waals surface area (Å²) in [6.45, 7) is 5.38. The van der Waals surface area contributed by atoms with Crippen LogP contribution in [0.5, 0.6) is 0 Å². The highest BCUT2D eigenvalue weighted by Gasteiger charge is 2.38. The fourth-order valence-electron chi connectivity index (χ4n) is 3.29. The molecule has 0 aromatic carbocycles. The fraction of sp³-hybridized carbons (Fsp3) is 0.391. The van der Waals surface area contributed by atoms with Gasteiger partial charge in [0.05, 0.1) is 30.7 Å². The Labute approximate surface area is 218 Å². The van der Waals surface area contributed by atoms with E-state index < -0.39 is 24.3 Å². The van der Waals surface area contributed by atoms with Crippen LogP contribution in [-0.2, 0) is 42.3 Å². The minimum atomic E-state index is -5.08. The highest BCUT2D eigenvalue weighted by molar-refractivity contribution is 5.73. The number of halogens is 6. The van der Waals surface area contributed by atoms with Crippen molar-refractivity contribution in [2.75, 3.05) is 13.6 Å². The predicted octanol–water partition coefficient (Wildman–Crippen LogP) is 3.79. The van der Waals surface area contributed by atoms with Crippen LogP contribution >= 0.6 is 0 Å². The molecule has 0 radical (unpaired) electrons. The fourth-order valence-corrected chi connectivity index (χ4v) is 3.29. The summed E-state index contributed by atoms with van der Waals surface area (Å²) < 4.78 is 71.2. The Balaban J connectivity index is 0.000000317. The summed E-state index contributed by atoms with van der Waals surface area (Å²) in [4.78, 5) is 31.7. The second kappa shape index (κ2) is 13.7. The number of rotatable bonds is 6. The monoisotopic (exact) mass is 565 g/mol. The van der Waals surface area contributed by atoms with E-state index in [1.807, 2.05) is 30.5 Å². The van der Waals surface area contributed by atoms with Gasteiger partial charge in [-0.15, -0.1) is 0 Å². The Morgan fingerprint density at radius 1 is 0.974 bits per heavy atom. The number of carbonyl (C=O) groups is 2. The SMILES string of the molecule is CN(Cc1cn2c(n1)CN(Cc1ccccn1)CC2)Cc1ccco1.O=C(O)C(F)(F)F.O=C(O)C(F)(F)F. The summed E-state index contributed by atoms with van der Waals surface area (Å²) in [7, 11) is 2.09. The van der Waals surface area contributed by atoms with Gasteiger partial charge in [0.25, 0.3) is 0 Å². The lowest BCUT2D eigenvalue weighted by Crippen LogP contribution is -2.33. The molecule has 0 amide bonds. The Hall–Kier alpha value is -3.92. The van der Waals surface area contributed by atoms with Gasteiger partial charge in [-0.05, 0) is 31.3 Å². The number of pyridine rings is 1. The van der Waals surface area contributed by atoms with Crippen LogP contribution in [0.1, 0.15) is 23.0 Å². The van der Waals surface area contributed by atoms with Gasteiger partial charge in [-0.1, -0.05) is 6.07 Å². The third-order valence-electron chi connectivity index (χ3n) is 4.97. The Morgan fingerprint density at radius 2 is 1.62 bits per heavy atom. The van der Waals surface area contributed by atoms with E-state index >= 15 is 0 Å². The van der Waals surface area contributed by atoms with Gasteiger partial charge in [-0.2, -0.15) is 26.3 Å². The van der Waals surface area contributed by atoms with E-state index in [1.54, 1.807) is 6.26 Å². The maximum absolute atomic E-state index is 10.6. The molecule has 0 aliphatic carbocycles. The van der Waals surface area contributed by atoms with Gasteiger partial charge in [0.15, 0.2) is 0 Å². The molecule has 0 saturated carbocycles. The standard InChI is InChI=1S/C19H23N5O.2C2HF3O2/c1-22(14-18-6-4-10-25-18)11-17-13-24-9-8-23(15-19(24)21-17)12-16-5-2-3-7-20-16;2*3-2(4,5)1(6)7/h2-7,10,13H,8-9,11-12,14-15H2,1H3;2*(H,6,7). The molecule has 3 aromatic rings. The van der Waals surface area contributed by atoms with Crippen molar-refractivity contribution in [3.8, 4) is 0 Å². The Morgan fingerprint density at radius 3 is 2.13 bits per heavy atom. The Kier molecular flexibility index (Phi) is 11.0. The number of hydrogen-bond acceptors (Lipinski definition) is 7. The van der Waals surface area contributed by atoms with E-state index in [0.717, 1.165) is 62.2 Å². The first-order valence-electron chi connectivity index (χ1n) is 11.1. The lowest BCUT2D eigenvalue weighted by Gasteiger charge is -2.27. The van der Waals surface area contributed by atoms with Crippen LogP contribution in [0, 0.1) is 0 Å². The zero-order valence-corrected chi connectivity index (χ0v) is 20.5. The molecule has 2 N–H and O–H groups in total. The van der Waals surface area contributed by atoms with Gasteiger partial charge in [-0.25, -0.2) is 14.6 Å². The van der Waals surface area contributed by atoms with Crippen molar-refractivity contribution >= 4 is 11.9 Å². The quantitative estimate of drug-likeness (QED) is 0.430. The summed E-state index contributed by atoms with van der Waals surface area (Å²) in [6, 6.07) is 10.0. The van der Waals surface area contributed by atoms with Crippen LogP contribution in [0.15, 0.2) is 53.4 Å². The molecular weight excluding hydrogens is 540 g/mol. The zero-order chi connectivity index (χ0) is 29.2. The minimum Gasteiger partial charge on any atom is -0.475 e.